The molecule has 0 radical (unpaired) electrons. The van der Waals surface area contributed by atoms with Gasteiger partial charge in [-0.1, -0.05) is 13.8 Å². The third kappa shape index (κ3) is 3.88. The van der Waals surface area contributed by atoms with Crippen molar-refractivity contribution in [1.29, 1.82) is 0 Å². The maximum absolute atomic E-state index is 5.36. The minimum atomic E-state index is 0.507. The van der Waals surface area contributed by atoms with Gasteiger partial charge in [-0.2, -0.15) is 0 Å². The predicted octanol–water partition coefficient (Wildman–Crippen LogP) is 5.60. The lowest BCUT2D eigenvalue weighted by molar-refractivity contribution is 0.232. The normalized spacial score (nSPS) is 19.2. The Morgan fingerprint density at radius 3 is 2.37 bits per heavy atom. The van der Waals surface area contributed by atoms with Gasteiger partial charge in [0.05, 0.1) is 17.3 Å². The number of methoxy groups -OCH3 is 1. The van der Waals surface area contributed by atoms with E-state index in [1.807, 2.05) is 12.1 Å². The van der Waals surface area contributed by atoms with E-state index < -0.39 is 0 Å². The first-order valence-corrected chi connectivity index (χ1v) is 8.29. The molecule has 2 nitrogen and oxygen atoms in total. The van der Waals surface area contributed by atoms with E-state index in [1.54, 1.807) is 7.11 Å². The molecule has 1 aliphatic rings. The number of hydrogen-bond acceptors (Lipinski definition) is 2. The third-order valence-electron chi connectivity index (χ3n) is 3.94. The van der Waals surface area contributed by atoms with Gasteiger partial charge in [0.25, 0.3) is 0 Å². The highest BCUT2D eigenvalue weighted by atomic mass is 79.9. The van der Waals surface area contributed by atoms with Gasteiger partial charge < -0.3 is 10.1 Å². The van der Waals surface area contributed by atoms with Crippen molar-refractivity contribution in [1.82, 2.24) is 0 Å². The van der Waals surface area contributed by atoms with E-state index in [-0.39, 0.29) is 0 Å². The molecule has 4 heteroatoms. The molecule has 2 rings (SSSR count). The second-order valence-electron chi connectivity index (χ2n) is 6.05. The quantitative estimate of drug-likeness (QED) is 0.724. The van der Waals surface area contributed by atoms with Gasteiger partial charge in [-0.15, -0.1) is 0 Å². The van der Waals surface area contributed by atoms with E-state index in [4.69, 9.17) is 4.74 Å². The Bertz CT molecular complexity index is 450. The molecule has 1 aromatic carbocycles. The van der Waals surface area contributed by atoms with Crippen molar-refractivity contribution in [2.45, 2.75) is 45.6 Å². The summed E-state index contributed by atoms with van der Waals surface area (Å²) in [7, 11) is 1.70. The Kier molecular flexibility index (Phi) is 4.83. The van der Waals surface area contributed by atoms with Crippen LogP contribution in [0.15, 0.2) is 21.1 Å². The Labute approximate surface area is 132 Å². The zero-order valence-corrected chi connectivity index (χ0v) is 14.9. The molecule has 0 aliphatic heterocycles. The molecule has 19 heavy (non-hydrogen) atoms. The molecule has 0 aromatic heterocycles. The van der Waals surface area contributed by atoms with Crippen LogP contribution in [0.25, 0.3) is 0 Å². The lowest BCUT2D eigenvalue weighted by atomic mass is 9.75. The minimum Gasteiger partial charge on any atom is -0.495 e. The van der Waals surface area contributed by atoms with Crippen LogP contribution in [-0.2, 0) is 0 Å². The van der Waals surface area contributed by atoms with E-state index in [2.05, 4.69) is 51.0 Å². The van der Waals surface area contributed by atoms with Crippen LogP contribution in [0, 0.1) is 5.41 Å². The van der Waals surface area contributed by atoms with Gasteiger partial charge in [-0.3, -0.25) is 0 Å². The van der Waals surface area contributed by atoms with E-state index in [0.29, 0.717) is 11.5 Å². The molecule has 0 bridgehead atoms. The summed E-state index contributed by atoms with van der Waals surface area (Å²) < 4.78 is 7.40. The monoisotopic (exact) mass is 389 g/mol. The van der Waals surface area contributed by atoms with Crippen molar-refractivity contribution >= 4 is 37.5 Å². The van der Waals surface area contributed by atoms with Crippen LogP contribution >= 0.6 is 31.9 Å². The van der Waals surface area contributed by atoms with Gasteiger partial charge in [-0.05, 0) is 69.0 Å². The fourth-order valence-corrected chi connectivity index (χ4v) is 3.83. The fourth-order valence-electron chi connectivity index (χ4n) is 2.56. The lowest BCUT2D eigenvalue weighted by Crippen LogP contribution is -2.29. The maximum atomic E-state index is 5.36. The highest BCUT2D eigenvalue weighted by molar-refractivity contribution is 9.11. The van der Waals surface area contributed by atoms with Gasteiger partial charge >= 0.3 is 0 Å². The van der Waals surface area contributed by atoms with E-state index in [9.17, 15) is 0 Å². The largest absolute Gasteiger partial charge is 0.495 e. The van der Waals surface area contributed by atoms with Crippen LogP contribution < -0.4 is 10.1 Å². The zero-order valence-electron chi connectivity index (χ0n) is 11.7. The second kappa shape index (κ2) is 6.04. The molecule has 0 amide bonds. The summed E-state index contributed by atoms with van der Waals surface area (Å²) in [5, 5.41) is 3.64. The summed E-state index contributed by atoms with van der Waals surface area (Å²) in [5.41, 5.74) is 1.62. The number of nitrogens with one attached hydrogen (secondary N) is 1. The molecule has 0 unspecified atom stereocenters. The second-order valence-corrected chi connectivity index (χ2v) is 7.76. The predicted molar refractivity (Wildman–Crippen MR) is 88.1 cm³/mol. The van der Waals surface area contributed by atoms with Gasteiger partial charge in [0.2, 0.25) is 0 Å². The van der Waals surface area contributed by atoms with Crippen molar-refractivity contribution in [2.24, 2.45) is 5.41 Å². The standard InChI is InChI=1S/C15H21Br2NO/c1-15(2)6-4-10(5-7-15)18-13-9-14(19-3)12(17)8-11(13)16/h8-10,18H,4-7H2,1-3H3. The van der Waals surface area contributed by atoms with Gasteiger partial charge in [0.15, 0.2) is 0 Å². The molecule has 1 aromatic rings. The Morgan fingerprint density at radius 1 is 1.16 bits per heavy atom. The smallest absolute Gasteiger partial charge is 0.135 e. The average molecular weight is 391 g/mol. The van der Waals surface area contributed by atoms with Crippen LogP contribution in [0.2, 0.25) is 0 Å². The fraction of sp³-hybridized carbons (Fsp3) is 0.600. The van der Waals surface area contributed by atoms with E-state index in [0.717, 1.165) is 20.4 Å². The number of rotatable bonds is 3. The lowest BCUT2D eigenvalue weighted by Gasteiger charge is -2.35. The summed E-state index contributed by atoms with van der Waals surface area (Å²) in [6.45, 7) is 4.73. The number of halogens is 2. The van der Waals surface area contributed by atoms with E-state index >= 15 is 0 Å². The first-order valence-electron chi connectivity index (χ1n) is 6.71. The minimum absolute atomic E-state index is 0.507. The molecule has 0 atom stereocenters. The Morgan fingerprint density at radius 2 is 1.79 bits per heavy atom. The molecule has 0 heterocycles. The number of benzene rings is 1. The third-order valence-corrected chi connectivity index (χ3v) is 5.22. The molecular formula is C15H21Br2NO. The summed E-state index contributed by atoms with van der Waals surface area (Å²) >= 11 is 7.11. The van der Waals surface area contributed by atoms with Crippen molar-refractivity contribution in [3.05, 3.63) is 21.1 Å². The topological polar surface area (TPSA) is 21.3 Å². The highest BCUT2D eigenvalue weighted by Crippen LogP contribution is 2.39. The molecule has 106 valence electrons. The first-order chi connectivity index (χ1) is 8.91. The van der Waals surface area contributed by atoms with Crippen LogP contribution in [0.4, 0.5) is 5.69 Å². The van der Waals surface area contributed by atoms with Crippen LogP contribution in [0.5, 0.6) is 5.75 Å². The maximum Gasteiger partial charge on any atom is 0.135 e. The van der Waals surface area contributed by atoms with E-state index in [1.165, 1.54) is 25.7 Å². The summed E-state index contributed by atoms with van der Waals surface area (Å²) in [4.78, 5) is 0. The van der Waals surface area contributed by atoms with Gasteiger partial charge in [0.1, 0.15) is 5.75 Å². The van der Waals surface area contributed by atoms with Crippen LogP contribution in [0.1, 0.15) is 39.5 Å². The van der Waals surface area contributed by atoms with Crippen LogP contribution in [0.3, 0.4) is 0 Å². The van der Waals surface area contributed by atoms with Gasteiger partial charge in [-0.25, -0.2) is 0 Å². The molecular weight excluding hydrogens is 370 g/mol. The molecule has 1 aliphatic carbocycles. The van der Waals surface area contributed by atoms with Crippen molar-refractivity contribution in [2.75, 3.05) is 12.4 Å². The van der Waals surface area contributed by atoms with Crippen molar-refractivity contribution in [3.8, 4) is 5.75 Å². The SMILES string of the molecule is COc1cc(NC2CCC(C)(C)CC2)c(Br)cc1Br. The molecule has 0 saturated heterocycles. The summed E-state index contributed by atoms with van der Waals surface area (Å²) in [6.07, 6.45) is 5.04. The number of ether oxygens (including phenoxy) is 1. The molecule has 0 spiro atoms. The number of anilines is 1. The molecule has 1 fully saturated rings. The van der Waals surface area contributed by atoms with Gasteiger partial charge in [0, 0.05) is 16.6 Å². The van der Waals surface area contributed by atoms with Crippen molar-refractivity contribution < 1.29 is 4.74 Å². The average Bonchev–Trinajstić information content (AvgIpc) is 2.35. The number of hydrogen-bond donors (Lipinski definition) is 1. The first kappa shape index (κ1) is 15.2. The molecule has 1 saturated carbocycles. The Balaban J connectivity index is 2.07. The highest BCUT2D eigenvalue weighted by Gasteiger charge is 2.27. The zero-order chi connectivity index (χ0) is 14.0. The molecule has 1 N–H and O–H groups in total. The summed E-state index contributed by atoms with van der Waals surface area (Å²) in [6, 6.07) is 4.65. The van der Waals surface area contributed by atoms with Crippen molar-refractivity contribution in [3.63, 3.8) is 0 Å². The summed E-state index contributed by atoms with van der Waals surface area (Å²) in [5.74, 6) is 0.863. The van der Waals surface area contributed by atoms with Crippen LogP contribution in [-0.4, -0.2) is 13.2 Å². The Hall–Kier alpha value is -0.220.